The van der Waals surface area contributed by atoms with Gasteiger partial charge in [0.2, 0.25) is 5.90 Å². The Balaban J connectivity index is 1.88. The molecule has 1 aliphatic rings. The highest BCUT2D eigenvalue weighted by Crippen LogP contribution is 2.27. The lowest BCUT2D eigenvalue weighted by Crippen LogP contribution is -2.05. The number of carbonyl (C=O) groups excluding carboxylic acids is 1. The van der Waals surface area contributed by atoms with Gasteiger partial charge in [0.25, 0.3) is 0 Å². The molecular weight excluding hydrogens is 338 g/mol. The number of benzene rings is 2. The largest absolute Gasteiger partial charge is 0.495 e. The Hall–Kier alpha value is -2.59. The minimum atomic E-state index is -0.477. The summed E-state index contributed by atoms with van der Waals surface area (Å²) in [6.45, 7) is 4.26. The molecule has 3 rings (SSSR count). The average molecular weight is 356 g/mol. The highest BCUT2D eigenvalue weighted by Gasteiger charge is 2.24. The van der Waals surface area contributed by atoms with Crippen molar-refractivity contribution in [2.24, 2.45) is 4.99 Å². The fourth-order valence-electron chi connectivity index (χ4n) is 2.47. The van der Waals surface area contributed by atoms with Gasteiger partial charge in [-0.2, -0.15) is 0 Å². The van der Waals surface area contributed by atoms with Crippen molar-refractivity contribution in [3.05, 3.63) is 69.9 Å². The van der Waals surface area contributed by atoms with Gasteiger partial charge >= 0.3 is 5.97 Å². The summed E-state index contributed by atoms with van der Waals surface area (Å²) in [4.78, 5) is 16.4. The smallest absolute Gasteiger partial charge is 0.363 e. The number of halogens is 1. The van der Waals surface area contributed by atoms with Crippen molar-refractivity contribution in [3.63, 3.8) is 0 Å². The second-order valence-electron chi connectivity index (χ2n) is 6.01. The molecule has 0 radical (unpaired) electrons. The van der Waals surface area contributed by atoms with Crippen LogP contribution in [0, 0.1) is 0 Å². The lowest BCUT2D eigenvalue weighted by atomic mass is 10.0. The van der Waals surface area contributed by atoms with E-state index < -0.39 is 5.97 Å². The number of hydrogen-bond acceptors (Lipinski definition) is 4. The van der Waals surface area contributed by atoms with Crippen LogP contribution in [0.2, 0.25) is 5.02 Å². The minimum Gasteiger partial charge on any atom is -0.495 e. The van der Waals surface area contributed by atoms with E-state index in [9.17, 15) is 4.79 Å². The molecule has 5 heteroatoms. The third-order valence-electron chi connectivity index (χ3n) is 3.92. The maximum absolute atomic E-state index is 12.1. The third kappa shape index (κ3) is 3.74. The number of carbonyl (C=O) groups is 1. The van der Waals surface area contributed by atoms with E-state index >= 15 is 0 Å². The van der Waals surface area contributed by atoms with E-state index in [4.69, 9.17) is 21.1 Å². The van der Waals surface area contributed by atoms with Gasteiger partial charge in [0.15, 0.2) is 5.70 Å². The van der Waals surface area contributed by atoms with Crippen molar-refractivity contribution in [2.45, 2.75) is 19.8 Å². The number of hydrogen-bond donors (Lipinski definition) is 0. The highest BCUT2D eigenvalue weighted by atomic mass is 35.5. The molecule has 0 bridgehead atoms. The zero-order valence-electron chi connectivity index (χ0n) is 14.2. The van der Waals surface area contributed by atoms with Crippen LogP contribution >= 0.6 is 11.6 Å². The van der Waals surface area contributed by atoms with Crippen molar-refractivity contribution in [1.82, 2.24) is 0 Å². The van der Waals surface area contributed by atoms with Crippen molar-refractivity contribution in [3.8, 4) is 5.75 Å². The number of nitrogens with zero attached hydrogens (tertiary/aromatic N) is 1. The Morgan fingerprint density at radius 1 is 1.16 bits per heavy atom. The molecule has 0 amide bonds. The summed E-state index contributed by atoms with van der Waals surface area (Å²) in [5, 5.41) is 0.469. The van der Waals surface area contributed by atoms with Crippen molar-refractivity contribution in [1.29, 1.82) is 0 Å². The number of esters is 1. The fraction of sp³-hybridized carbons (Fsp3) is 0.200. The van der Waals surface area contributed by atoms with Gasteiger partial charge in [0.05, 0.1) is 12.1 Å². The second-order valence-corrected chi connectivity index (χ2v) is 6.41. The maximum atomic E-state index is 12.1. The quantitative estimate of drug-likeness (QED) is 0.583. The van der Waals surface area contributed by atoms with E-state index in [1.165, 1.54) is 5.56 Å². The van der Waals surface area contributed by atoms with E-state index in [1.807, 2.05) is 24.3 Å². The molecule has 1 aliphatic heterocycles. The van der Waals surface area contributed by atoms with Gasteiger partial charge < -0.3 is 9.47 Å². The summed E-state index contributed by atoms with van der Waals surface area (Å²) < 4.78 is 10.4. The van der Waals surface area contributed by atoms with Gasteiger partial charge in [-0.3, -0.25) is 0 Å². The SMILES string of the molecule is COc1ccc(/C=C2\N=C(c3ccc(C(C)C)cc3)OC2=O)cc1Cl. The Labute approximate surface area is 151 Å². The van der Waals surface area contributed by atoms with E-state index in [0.717, 1.165) is 11.1 Å². The number of methoxy groups -OCH3 is 1. The third-order valence-corrected chi connectivity index (χ3v) is 4.22. The van der Waals surface area contributed by atoms with Crippen LogP contribution < -0.4 is 4.74 Å². The summed E-state index contributed by atoms with van der Waals surface area (Å²) in [5.74, 6) is 0.852. The summed E-state index contributed by atoms with van der Waals surface area (Å²) in [5.41, 5.74) is 2.98. The molecule has 0 saturated heterocycles. The van der Waals surface area contributed by atoms with E-state index in [1.54, 1.807) is 31.4 Å². The maximum Gasteiger partial charge on any atom is 0.363 e. The van der Waals surface area contributed by atoms with Crippen LogP contribution in [0.5, 0.6) is 5.75 Å². The molecule has 1 heterocycles. The van der Waals surface area contributed by atoms with Crippen LogP contribution in [0.15, 0.2) is 53.2 Å². The monoisotopic (exact) mass is 355 g/mol. The van der Waals surface area contributed by atoms with Crippen LogP contribution in [0.1, 0.15) is 36.5 Å². The molecular formula is C20H18ClNO3. The lowest BCUT2D eigenvalue weighted by molar-refractivity contribution is -0.129. The molecule has 0 N–H and O–H groups in total. The summed E-state index contributed by atoms with van der Waals surface area (Å²) >= 11 is 6.11. The molecule has 0 spiro atoms. The topological polar surface area (TPSA) is 47.9 Å². The van der Waals surface area contributed by atoms with Crippen molar-refractivity contribution < 1.29 is 14.3 Å². The second kappa shape index (κ2) is 7.11. The normalized spacial score (nSPS) is 15.5. The summed E-state index contributed by atoms with van der Waals surface area (Å²) in [6.07, 6.45) is 1.64. The van der Waals surface area contributed by atoms with E-state index in [0.29, 0.717) is 22.6 Å². The van der Waals surface area contributed by atoms with Gasteiger partial charge in [-0.15, -0.1) is 0 Å². The summed E-state index contributed by atoms with van der Waals surface area (Å²) in [6, 6.07) is 13.1. The first-order valence-corrected chi connectivity index (χ1v) is 8.32. The minimum absolute atomic E-state index is 0.240. The van der Waals surface area contributed by atoms with Gasteiger partial charge in [0, 0.05) is 5.56 Å². The number of cyclic esters (lactones) is 1. The summed E-state index contributed by atoms with van der Waals surface area (Å²) in [7, 11) is 1.55. The van der Waals surface area contributed by atoms with Gasteiger partial charge in [-0.1, -0.05) is 43.6 Å². The molecule has 0 unspecified atom stereocenters. The number of ether oxygens (including phenoxy) is 2. The Bertz CT molecular complexity index is 867. The first kappa shape index (κ1) is 17.2. The van der Waals surface area contributed by atoms with E-state index in [-0.39, 0.29) is 5.70 Å². The molecule has 0 aliphatic carbocycles. The van der Waals surface area contributed by atoms with E-state index in [2.05, 4.69) is 18.8 Å². The molecule has 0 fully saturated rings. The Morgan fingerprint density at radius 2 is 1.88 bits per heavy atom. The van der Waals surface area contributed by atoms with Gasteiger partial charge in [0.1, 0.15) is 5.75 Å². The number of rotatable bonds is 4. The van der Waals surface area contributed by atoms with Crippen LogP contribution in [-0.2, 0) is 9.53 Å². The first-order chi connectivity index (χ1) is 12.0. The van der Waals surface area contributed by atoms with Gasteiger partial charge in [-0.25, -0.2) is 9.79 Å². The molecule has 128 valence electrons. The van der Waals surface area contributed by atoms with Crippen LogP contribution in [-0.4, -0.2) is 19.0 Å². The Kier molecular flexibility index (Phi) is 4.91. The predicted molar refractivity (Wildman–Crippen MR) is 99.1 cm³/mol. The zero-order valence-corrected chi connectivity index (χ0v) is 15.0. The zero-order chi connectivity index (χ0) is 18.0. The molecule has 25 heavy (non-hydrogen) atoms. The standard InChI is InChI=1S/C20H18ClNO3/c1-12(2)14-5-7-15(8-6-14)19-22-17(20(23)25-19)11-13-4-9-18(24-3)16(21)10-13/h4-12H,1-3H3/b17-11-. The molecule has 0 saturated carbocycles. The predicted octanol–water partition coefficient (Wildman–Crippen LogP) is 4.82. The van der Waals surface area contributed by atoms with Crippen LogP contribution in [0.4, 0.5) is 0 Å². The molecule has 2 aromatic carbocycles. The van der Waals surface area contributed by atoms with Crippen LogP contribution in [0.25, 0.3) is 6.08 Å². The Morgan fingerprint density at radius 3 is 2.48 bits per heavy atom. The highest BCUT2D eigenvalue weighted by molar-refractivity contribution is 6.32. The fourth-order valence-corrected chi connectivity index (χ4v) is 2.74. The average Bonchev–Trinajstić information content (AvgIpc) is 2.96. The molecule has 4 nitrogen and oxygen atoms in total. The van der Waals surface area contributed by atoms with Crippen LogP contribution in [0.3, 0.4) is 0 Å². The lowest BCUT2D eigenvalue weighted by Gasteiger charge is -2.05. The van der Waals surface area contributed by atoms with Gasteiger partial charge in [-0.05, 0) is 47.4 Å². The van der Waals surface area contributed by atoms with Crippen molar-refractivity contribution in [2.75, 3.05) is 7.11 Å². The van der Waals surface area contributed by atoms with Crippen molar-refractivity contribution >= 4 is 29.5 Å². The molecule has 0 atom stereocenters. The first-order valence-electron chi connectivity index (χ1n) is 7.94. The molecule has 0 aromatic heterocycles. The number of aliphatic imine (C=N–C) groups is 1. The molecule has 2 aromatic rings.